The predicted octanol–water partition coefficient (Wildman–Crippen LogP) is 3.33. The monoisotopic (exact) mass is 297 g/mol. The van der Waals surface area contributed by atoms with Crippen LogP contribution >= 0.6 is 0 Å². The molecule has 0 aliphatic heterocycles. The van der Waals surface area contributed by atoms with Crippen LogP contribution in [0.2, 0.25) is 0 Å². The van der Waals surface area contributed by atoms with Gasteiger partial charge in [-0.15, -0.1) is 0 Å². The highest BCUT2D eigenvalue weighted by atomic mass is 32.2. The first-order chi connectivity index (χ1) is 9.59. The Labute approximate surface area is 123 Å². The van der Waals surface area contributed by atoms with Crippen molar-refractivity contribution in [3.63, 3.8) is 0 Å². The van der Waals surface area contributed by atoms with Gasteiger partial charge in [0.25, 0.3) is 0 Å². The van der Waals surface area contributed by atoms with Gasteiger partial charge < -0.3 is 5.32 Å². The second-order valence-electron chi connectivity index (χ2n) is 5.17. The average molecular weight is 297 g/mol. The SMILES string of the molecule is CCCS(=O)(=O)CCCCC(NCC)c1ccccc1. The molecule has 0 saturated heterocycles. The summed E-state index contributed by atoms with van der Waals surface area (Å²) in [6.07, 6.45) is 3.40. The van der Waals surface area contributed by atoms with Crippen molar-refractivity contribution in [2.45, 2.75) is 45.6 Å². The first-order valence-electron chi connectivity index (χ1n) is 7.57. The molecule has 1 atom stereocenters. The minimum atomic E-state index is -2.83. The first kappa shape index (κ1) is 17.2. The summed E-state index contributed by atoms with van der Waals surface area (Å²) in [5.74, 6) is 0.650. The molecule has 1 aromatic carbocycles. The molecule has 1 rings (SSSR count). The summed E-state index contributed by atoms with van der Waals surface area (Å²) in [4.78, 5) is 0. The van der Waals surface area contributed by atoms with Crippen LogP contribution in [0.15, 0.2) is 30.3 Å². The molecule has 3 nitrogen and oxygen atoms in total. The summed E-state index contributed by atoms with van der Waals surface area (Å²) >= 11 is 0. The van der Waals surface area contributed by atoms with Gasteiger partial charge in [-0.2, -0.15) is 0 Å². The van der Waals surface area contributed by atoms with Gasteiger partial charge in [0.05, 0.1) is 5.75 Å². The second-order valence-corrected chi connectivity index (χ2v) is 7.47. The topological polar surface area (TPSA) is 46.2 Å². The van der Waals surface area contributed by atoms with Gasteiger partial charge in [-0.05, 0) is 31.4 Å². The average Bonchev–Trinajstić information content (AvgIpc) is 2.43. The molecule has 4 heteroatoms. The first-order valence-corrected chi connectivity index (χ1v) is 9.40. The van der Waals surface area contributed by atoms with Crippen LogP contribution in [-0.4, -0.2) is 26.5 Å². The van der Waals surface area contributed by atoms with Crippen LogP contribution < -0.4 is 5.32 Å². The maximum atomic E-state index is 11.7. The molecule has 1 N–H and O–H groups in total. The van der Waals surface area contributed by atoms with Crippen molar-refractivity contribution in [3.05, 3.63) is 35.9 Å². The summed E-state index contributed by atoms with van der Waals surface area (Å²) in [6.45, 7) is 4.93. The smallest absolute Gasteiger partial charge is 0.150 e. The molecule has 0 amide bonds. The number of rotatable bonds is 10. The Morgan fingerprint density at radius 1 is 1.05 bits per heavy atom. The fourth-order valence-electron chi connectivity index (χ4n) is 2.40. The van der Waals surface area contributed by atoms with Crippen LogP contribution in [0.5, 0.6) is 0 Å². The number of benzene rings is 1. The zero-order valence-corrected chi connectivity index (χ0v) is 13.5. The molecule has 1 unspecified atom stereocenters. The molecule has 20 heavy (non-hydrogen) atoms. The van der Waals surface area contributed by atoms with Gasteiger partial charge in [-0.3, -0.25) is 0 Å². The van der Waals surface area contributed by atoms with Crippen LogP contribution in [0.1, 0.15) is 51.1 Å². The van der Waals surface area contributed by atoms with Gasteiger partial charge in [-0.1, -0.05) is 50.6 Å². The Kier molecular flexibility index (Phi) is 7.85. The van der Waals surface area contributed by atoms with Crippen LogP contribution in [0.25, 0.3) is 0 Å². The van der Waals surface area contributed by atoms with E-state index in [4.69, 9.17) is 0 Å². The van der Waals surface area contributed by atoms with E-state index in [2.05, 4.69) is 24.4 Å². The molecule has 0 spiro atoms. The van der Waals surface area contributed by atoms with Gasteiger partial charge in [0, 0.05) is 11.8 Å². The van der Waals surface area contributed by atoms with Crippen LogP contribution in [0.3, 0.4) is 0 Å². The molecule has 0 saturated carbocycles. The maximum Gasteiger partial charge on any atom is 0.150 e. The Hall–Kier alpha value is -0.870. The van der Waals surface area contributed by atoms with Crippen LogP contribution in [0.4, 0.5) is 0 Å². The molecule has 0 bridgehead atoms. The van der Waals surface area contributed by atoms with Crippen molar-refractivity contribution in [3.8, 4) is 0 Å². The molecule has 0 heterocycles. The molecule has 0 fully saturated rings. The van der Waals surface area contributed by atoms with Crippen molar-refractivity contribution >= 4 is 9.84 Å². The molecule has 1 aromatic rings. The fraction of sp³-hybridized carbons (Fsp3) is 0.625. The summed E-state index contributed by atoms with van der Waals surface area (Å²) in [7, 11) is -2.83. The van der Waals surface area contributed by atoms with Gasteiger partial charge in [-0.25, -0.2) is 8.42 Å². The van der Waals surface area contributed by atoms with E-state index in [9.17, 15) is 8.42 Å². The van der Waals surface area contributed by atoms with Crippen molar-refractivity contribution in [2.24, 2.45) is 0 Å². The van der Waals surface area contributed by atoms with Crippen LogP contribution in [0, 0.1) is 0 Å². The molecular formula is C16H27NO2S. The summed E-state index contributed by atoms with van der Waals surface area (Å²) in [5.41, 5.74) is 1.28. The third kappa shape index (κ3) is 6.53. The summed E-state index contributed by atoms with van der Waals surface area (Å²) < 4.78 is 23.3. The van der Waals surface area contributed by atoms with Gasteiger partial charge in [0.1, 0.15) is 9.84 Å². The van der Waals surface area contributed by atoms with Crippen molar-refractivity contribution in [1.29, 1.82) is 0 Å². The predicted molar refractivity (Wildman–Crippen MR) is 85.7 cm³/mol. The third-order valence-electron chi connectivity index (χ3n) is 3.37. The van der Waals surface area contributed by atoms with E-state index in [0.29, 0.717) is 24.0 Å². The van der Waals surface area contributed by atoms with E-state index < -0.39 is 9.84 Å². The number of nitrogens with one attached hydrogen (secondary N) is 1. The van der Waals surface area contributed by atoms with E-state index in [0.717, 1.165) is 25.8 Å². The van der Waals surface area contributed by atoms with E-state index in [-0.39, 0.29) is 0 Å². The highest BCUT2D eigenvalue weighted by Gasteiger charge is 2.12. The number of sulfone groups is 1. The lowest BCUT2D eigenvalue weighted by Gasteiger charge is -2.18. The largest absolute Gasteiger partial charge is 0.310 e. The Balaban J connectivity index is 2.41. The Morgan fingerprint density at radius 2 is 1.75 bits per heavy atom. The minimum absolute atomic E-state index is 0.322. The van der Waals surface area contributed by atoms with Crippen LogP contribution in [-0.2, 0) is 9.84 Å². The molecule has 114 valence electrons. The van der Waals surface area contributed by atoms with Gasteiger partial charge in [0.2, 0.25) is 0 Å². The normalized spacial score (nSPS) is 13.3. The Bertz CT molecular complexity index is 457. The van der Waals surface area contributed by atoms with Gasteiger partial charge in [0.15, 0.2) is 0 Å². The fourth-order valence-corrected chi connectivity index (χ4v) is 3.87. The van der Waals surface area contributed by atoms with Crippen molar-refractivity contribution in [1.82, 2.24) is 5.32 Å². The third-order valence-corrected chi connectivity index (χ3v) is 5.31. The summed E-state index contributed by atoms with van der Waals surface area (Å²) in [6, 6.07) is 10.7. The zero-order valence-electron chi connectivity index (χ0n) is 12.6. The van der Waals surface area contributed by atoms with Crippen molar-refractivity contribution < 1.29 is 8.42 Å². The lowest BCUT2D eigenvalue weighted by molar-refractivity contribution is 0.493. The van der Waals surface area contributed by atoms with E-state index in [1.807, 2.05) is 25.1 Å². The number of unbranched alkanes of at least 4 members (excludes halogenated alkanes) is 1. The highest BCUT2D eigenvalue weighted by Crippen LogP contribution is 2.19. The molecular weight excluding hydrogens is 270 g/mol. The minimum Gasteiger partial charge on any atom is -0.310 e. The molecule has 0 aromatic heterocycles. The van der Waals surface area contributed by atoms with E-state index in [1.54, 1.807) is 0 Å². The quantitative estimate of drug-likeness (QED) is 0.674. The van der Waals surface area contributed by atoms with E-state index >= 15 is 0 Å². The lowest BCUT2D eigenvalue weighted by Crippen LogP contribution is -2.21. The Morgan fingerprint density at radius 3 is 2.35 bits per heavy atom. The zero-order chi connectivity index (χ0) is 14.8. The molecule has 0 aliphatic carbocycles. The van der Waals surface area contributed by atoms with Crippen molar-refractivity contribution in [2.75, 3.05) is 18.1 Å². The highest BCUT2D eigenvalue weighted by molar-refractivity contribution is 7.91. The number of hydrogen-bond donors (Lipinski definition) is 1. The standard InChI is InChI=1S/C16H27NO2S/c1-3-13-20(18,19)14-9-8-12-16(17-4-2)15-10-6-5-7-11-15/h5-7,10-11,16-17H,3-4,8-9,12-14H2,1-2H3. The lowest BCUT2D eigenvalue weighted by atomic mass is 10.0. The summed E-state index contributed by atoms with van der Waals surface area (Å²) in [5, 5.41) is 3.47. The second kappa shape index (κ2) is 9.14. The maximum absolute atomic E-state index is 11.7. The van der Waals surface area contributed by atoms with Gasteiger partial charge >= 0.3 is 0 Å². The molecule has 0 radical (unpaired) electrons. The van der Waals surface area contributed by atoms with E-state index in [1.165, 1.54) is 5.56 Å². The number of hydrogen-bond acceptors (Lipinski definition) is 3. The molecule has 0 aliphatic rings.